The minimum atomic E-state index is -2.53. The van der Waals surface area contributed by atoms with Crippen LogP contribution in [0.5, 0.6) is 0 Å². The number of piperidine rings is 1. The molecule has 32 heavy (non-hydrogen) atoms. The molecule has 0 spiro atoms. The van der Waals surface area contributed by atoms with Crippen LogP contribution in [-0.4, -0.2) is 54.7 Å². The number of rotatable bonds is 8. The van der Waals surface area contributed by atoms with Gasteiger partial charge in [0.15, 0.2) is 16.4 Å². The van der Waals surface area contributed by atoms with Gasteiger partial charge in [-0.25, -0.2) is 8.42 Å². The molecule has 1 aliphatic heterocycles. The SMILES string of the molecule is CCCn1nc(C(=O)N2CCCCC2)c2c1CCC(NCCc1ccc([SH](=O)=O)cc1)C2. The van der Waals surface area contributed by atoms with Crippen molar-refractivity contribution in [1.29, 1.82) is 0 Å². The fourth-order valence-electron chi connectivity index (χ4n) is 4.88. The summed E-state index contributed by atoms with van der Waals surface area (Å²) in [5.74, 6) is 0.105. The molecule has 1 N–H and O–H groups in total. The quantitative estimate of drug-likeness (QED) is 0.594. The van der Waals surface area contributed by atoms with Gasteiger partial charge in [0.1, 0.15) is 0 Å². The van der Waals surface area contributed by atoms with E-state index in [0.29, 0.717) is 16.6 Å². The standard InChI is InChI=1S/C24H34N4O3S/c1-2-14-28-22-11-8-19(25-13-12-18-6-9-20(10-7-18)32(30)31)17-21(22)23(26-28)24(29)27-15-4-3-5-16-27/h6-7,9-10,19,25,32H,2-5,8,11-17H2,1H3. The summed E-state index contributed by atoms with van der Waals surface area (Å²) in [6.45, 7) is 5.51. The lowest BCUT2D eigenvalue weighted by Crippen LogP contribution is -2.38. The minimum absolute atomic E-state index is 0.105. The normalized spacial score (nSPS) is 18.7. The van der Waals surface area contributed by atoms with E-state index >= 15 is 0 Å². The van der Waals surface area contributed by atoms with E-state index in [9.17, 15) is 13.2 Å². The van der Waals surface area contributed by atoms with Gasteiger partial charge in [0.25, 0.3) is 5.91 Å². The van der Waals surface area contributed by atoms with E-state index in [4.69, 9.17) is 5.10 Å². The van der Waals surface area contributed by atoms with Crippen LogP contribution in [-0.2, 0) is 36.5 Å². The van der Waals surface area contributed by atoms with E-state index in [-0.39, 0.29) is 5.91 Å². The third-order valence-electron chi connectivity index (χ3n) is 6.62. The monoisotopic (exact) mass is 458 g/mol. The highest BCUT2D eigenvalue weighted by Crippen LogP contribution is 2.27. The zero-order valence-corrected chi connectivity index (χ0v) is 19.8. The second-order valence-electron chi connectivity index (χ2n) is 8.92. The molecule has 2 aromatic rings. The number of hydrogen-bond acceptors (Lipinski definition) is 5. The average molecular weight is 459 g/mol. The Labute approximate surface area is 192 Å². The number of carbonyl (C=O) groups is 1. The van der Waals surface area contributed by atoms with Gasteiger partial charge in [-0.2, -0.15) is 5.10 Å². The molecule has 8 heteroatoms. The van der Waals surface area contributed by atoms with Crippen molar-refractivity contribution in [3.63, 3.8) is 0 Å². The molecule has 2 aliphatic rings. The van der Waals surface area contributed by atoms with Gasteiger partial charge in [0, 0.05) is 36.9 Å². The summed E-state index contributed by atoms with van der Waals surface area (Å²) >= 11 is 0. The van der Waals surface area contributed by atoms with Gasteiger partial charge in [-0.05, 0) is 75.6 Å². The molecule has 1 unspecified atom stereocenters. The van der Waals surface area contributed by atoms with Crippen molar-refractivity contribution >= 4 is 16.6 Å². The van der Waals surface area contributed by atoms with Crippen LogP contribution >= 0.6 is 0 Å². The lowest BCUT2D eigenvalue weighted by molar-refractivity contribution is 0.0716. The lowest BCUT2D eigenvalue weighted by atomic mass is 9.90. The first-order valence-corrected chi connectivity index (χ1v) is 13.1. The second-order valence-corrected chi connectivity index (χ2v) is 9.95. The van der Waals surface area contributed by atoms with Crippen molar-refractivity contribution in [2.45, 2.75) is 75.8 Å². The number of carbonyl (C=O) groups excluding carboxylic acids is 1. The van der Waals surface area contributed by atoms with Gasteiger partial charge >= 0.3 is 0 Å². The third kappa shape index (κ3) is 5.23. The van der Waals surface area contributed by atoms with Gasteiger partial charge < -0.3 is 10.2 Å². The topological polar surface area (TPSA) is 84.3 Å². The van der Waals surface area contributed by atoms with Crippen molar-refractivity contribution in [1.82, 2.24) is 20.0 Å². The molecule has 1 amide bonds. The predicted molar refractivity (Wildman–Crippen MR) is 125 cm³/mol. The maximum Gasteiger partial charge on any atom is 0.274 e. The van der Waals surface area contributed by atoms with E-state index in [1.54, 1.807) is 12.1 Å². The Morgan fingerprint density at radius 1 is 1.16 bits per heavy atom. The lowest BCUT2D eigenvalue weighted by Gasteiger charge is -2.28. The molecule has 2 heterocycles. The Hall–Kier alpha value is -2.19. The minimum Gasteiger partial charge on any atom is -0.337 e. The van der Waals surface area contributed by atoms with Gasteiger partial charge in [-0.3, -0.25) is 9.48 Å². The zero-order chi connectivity index (χ0) is 22.5. The second kappa shape index (κ2) is 10.6. The fraction of sp³-hybridized carbons (Fsp3) is 0.583. The number of fused-ring (bicyclic) bond motifs is 1. The molecule has 1 saturated heterocycles. The summed E-state index contributed by atoms with van der Waals surface area (Å²) in [5, 5.41) is 8.44. The van der Waals surface area contributed by atoms with Crippen LogP contribution < -0.4 is 5.32 Å². The maximum absolute atomic E-state index is 13.3. The molecule has 0 saturated carbocycles. The number of nitrogens with one attached hydrogen (secondary N) is 1. The van der Waals surface area contributed by atoms with E-state index < -0.39 is 10.7 Å². The van der Waals surface area contributed by atoms with E-state index in [1.165, 1.54) is 12.1 Å². The van der Waals surface area contributed by atoms with E-state index in [1.807, 2.05) is 17.0 Å². The number of aryl methyl sites for hydroxylation is 1. The summed E-state index contributed by atoms with van der Waals surface area (Å²) < 4.78 is 24.2. The van der Waals surface area contributed by atoms with Gasteiger partial charge in [-0.15, -0.1) is 0 Å². The van der Waals surface area contributed by atoms with Crippen molar-refractivity contribution in [3.8, 4) is 0 Å². The van der Waals surface area contributed by atoms with Crippen LogP contribution in [0.15, 0.2) is 29.2 Å². The molecule has 174 valence electrons. The fourth-order valence-corrected chi connectivity index (χ4v) is 5.27. The largest absolute Gasteiger partial charge is 0.337 e. The number of nitrogens with zero attached hydrogens (tertiary/aromatic N) is 3. The van der Waals surface area contributed by atoms with Crippen molar-refractivity contribution < 1.29 is 13.2 Å². The summed E-state index contributed by atoms with van der Waals surface area (Å²) in [6, 6.07) is 7.41. The molecule has 7 nitrogen and oxygen atoms in total. The number of thiol groups is 1. The first-order valence-electron chi connectivity index (χ1n) is 11.9. The number of likely N-dealkylation sites (tertiary alicyclic amines) is 1. The number of benzene rings is 1. The van der Waals surface area contributed by atoms with E-state index in [0.717, 1.165) is 82.3 Å². The maximum atomic E-state index is 13.3. The first-order chi connectivity index (χ1) is 15.6. The van der Waals surface area contributed by atoms with Crippen LogP contribution in [0.25, 0.3) is 0 Å². The Balaban J connectivity index is 1.41. The molecule has 0 bridgehead atoms. The molecule has 4 rings (SSSR count). The van der Waals surface area contributed by atoms with Crippen molar-refractivity contribution in [2.75, 3.05) is 19.6 Å². The summed E-state index contributed by atoms with van der Waals surface area (Å²) in [7, 11) is -2.53. The molecular weight excluding hydrogens is 424 g/mol. The van der Waals surface area contributed by atoms with Gasteiger partial charge in [0.2, 0.25) is 0 Å². The highest BCUT2D eigenvalue weighted by atomic mass is 32.2. The van der Waals surface area contributed by atoms with Crippen LogP contribution in [0.3, 0.4) is 0 Å². The molecule has 1 fully saturated rings. The number of aromatic nitrogens is 2. The zero-order valence-electron chi connectivity index (χ0n) is 18.9. The van der Waals surface area contributed by atoms with Crippen LogP contribution in [0.4, 0.5) is 0 Å². The highest BCUT2D eigenvalue weighted by Gasteiger charge is 2.31. The predicted octanol–water partition coefficient (Wildman–Crippen LogP) is 2.58. The Morgan fingerprint density at radius 3 is 2.59 bits per heavy atom. The Kier molecular flexibility index (Phi) is 7.63. The third-order valence-corrected chi connectivity index (χ3v) is 7.34. The van der Waals surface area contributed by atoms with Crippen LogP contribution in [0.1, 0.15) is 66.3 Å². The van der Waals surface area contributed by atoms with Crippen molar-refractivity contribution in [2.24, 2.45) is 0 Å². The molecular formula is C24H34N4O3S. The van der Waals surface area contributed by atoms with Crippen molar-refractivity contribution in [3.05, 3.63) is 46.8 Å². The van der Waals surface area contributed by atoms with Crippen LogP contribution in [0.2, 0.25) is 0 Å². The molecule has 1 aliphatic carbocycles. The summed E-state index contributed by atoms with van der Waals surface area (Å²) in [5.41, 5.74) is 4.17. The Morgan fingerprint density at radius 2 is 1.91 bits per heavy atom. The first kappa shape index (κ1) is 23.0. The average Bonchev–Trinajstić information content (AvgIpc) is 3.17. The molecule has 1 aromatic carbocycles. The smallest absolute Gasteiger partial charge is 0.274 e. The van der Waals surface area contributed by atoms with E-state index in [2.05, 4.69) is 16.9 Å². The van der Waals surface area contributed by atoms with Crippen LogP contribution in [0, 0.1) is 0 Å². The molecule has 1 atom stereocenters. The highest BCUT2D eigenvalue weighted by molar-refractivity contribution is 7.72. The summed E-state index contributed by atoms with van der Waals surface area (Å²) in [6.07, 6.45) is 8.04. The van der Waals surface area contributed by atoms with Gasteiger partial charge in [0.05, 0.1) is 4.90 Å². The molecule has 1 aromatic heterocycles. The number of amides is 1. The van der Waals surface area contributed by atoms with Gasteiger partial charge in [-0.1, -0.05) is 19.1 Å². The number of hydrogen-bond donors (Lipinski definition) is 2. The Bertz CT molecular complexity index is 999. The summed E-state index contributed by atoms with van der Waals surface area (Å²) in [4.78, 5) is 15.6. The molecule has 0 radical (unpaired) electrons.